The van der Waals surface area contributed by atoms with E-state index in [1.165, 1.54) is 0 Å². The second kappa shape index (κ2) is 5.42. The van der Waals surface area contributed by atoms with E-state index in [2.05, 4.69) is 16.5 Å². The van der Waals surface area contributed by atoms with Crippen LogP contribution in [0.15, 0.2) is 6.07 Å². The van der Waals surface area contributed by atoms with Crippen molar-refractivity contribution in [1.82, 2.24) is 15.1 Å². The third-order valence-electron chi connectivity index (χ3n) is 2.22. The summed E-state index contributed by atoms with van der Waals surface area (Å²) in [6.07, 6.45) is 1.73. The van der Waals surface area contributed by atoms with Crippen molar-refractivity contribution in [2.75, 3.05) is 12.0 Å². The zero-order valence-electron chi connectivity index (χ0n) is 9.78. The first-order valence-electron chi connectivity index (χ1n) is 5.02. The van der Waals surface area contributed by atoms with Gasteiger partial charge in [-0.2, -0.15) is 5.10 Å². The van der Waals surface area contributed by atoms with Crippen LogP contribution in [0, 0.1) is 6.92 Å². The van der Waals surface area contributed by atoms with Gasteiger partial charge in [0.25, 0.3) is 0 Å². The molecule has 0 bridgehead atoms. The molecule has 15 heavy (non-hydrogen) atoms. The predicted octanol–water partition coefficient (Wildman–Crippen LogP) is 0.585. The standard InChI is InChI=1S/C10H19N3OS/c1-8-5-10(13(3)12-8)6-11-9(2)7-15(4)14/h5,9,11H,6-7H2,1-4H3. The minimum absolute atomic E-state index is 0.269. The van der Waals surface area contributed by atoms with Crippen molar-refractivity contribution in [1.29, 1.82) is 0 Å². The van der Waals surface area contributed by atoms with Gasteiger partial charge in [0.2, 0.25) is 0 Å². The largest absolute Gasteiger partial charge is 0.308 e. The van der Waals surface area contributed by atoms with Crippen molar-refractivity contribution in [3.05, 3.63) is 17.5 Å². The van der Waals surface area contributed by atoms with E-state index in [1.54, 1.807) is 6.26 Å². The molecule has 1 rings (SSSR count). The maximum absolute atomic E-state index is 11.0. The Balaban J connectivity index is 2.43. The zero-order chi connectivity index (χ0) is 11.4. The first-order chi connectivity index (χ1) is 6.99. The van der Waals surface area contributed by atoms with Gasteiger partial charge < -0.3 is 5.32 Å². The Bertz CT molecular complexity index is 348. The fraction of sp³-hybridized carbons (Fsp3) is 0.700. The van der Waals surface area contributed by atoms with Crippen LogP contribution in [0.25, 0.3) is 0 Å². The van der Waals surface area contributed by atoms with Crippen LogP contribution in [0.5, 0.6) is 0 Å². The summed E-state index contributed by atoms with van der Waals surface area (Å²) in [5, 5.41) is 7.60. The van der Waals surface area contributed by atoms with Gasteiger partial charge in [0.15, 0.2) is 0 Å². The monoisotopic (exact) mass is 229 g/mol. The fourth-order valence-electron chi connectivity index (χ4n) is 1.52. The van der Waals surface area contributed by atoms with Crippen molar-refractivity contribution in [3.63, 3.8) is 0 Å². The molecule has 4 nitrogen and oxygen atoms in total. The van der Waals surface area contributed by atoms with Crippen molar-refractivity contribution in [3.8, 4) is 0 Å². The Morgan fingerprint density at radius 3 is 2.80 bits per heavy atom. The van der Waals surface area contributed by atoms with E-state index in [-0.39, 0.29) is 6.04 Å². The summed E-state index contributed by atoms with van der Waals surface area (Å²) in [7, 11) is 1.20. The molecule has 0 radical (unpaired) electrons. The second-order valence-electron chi connectivity index (χ2n) is 3.92. The summed E-state index contributed by atoms with van der Waals surface area (Å²) in [6, 6.07) is 2.33. The maximum atomic E-state index is 11.0. The van der Waals surface area contributed by atoms with Crippen molar-refractivity contribution >= 4 is 10.8 Å². The lowest BCUT2D eigenvalue weighted by Crippen LogP contribution is -2.31. The minimum Gasteiger partial charge on any atom is -0.308 e. The number of hydrogen-bond donors (Lipinski definition) is 1. The van der Waals surface area contributed by atoms with Crippen LogP contribution in [0.2, 0.25) is 0 Å². The zero-order valence-corrected chi connectivity index (χ0v) is 10.6. The number of rotatable bonds is 5. The lowest BCUT2D eigenvalue weighted by Gasteiger charge is -2.11. The topological polar surface area (TPSA) is 46.9 Å². The van der Waals surface area contributed by atoms with Crippen LogP contribution in [-0.4, -0.2) is 32.0 Å². The first kappa shape index (κ1) is 12.4. The number of hydrogen-bond acceptors (Lipinski definition) is 3. The summed E-state index contributed by atoms with van der Waals surface area (Å²) >= 11 is 0. The third-order valence-corrected chi connectivity index (χ3v) is 3.18. The molecule has 2 unspecified atom stereocenters. The summed E-state index contributed by atoms with van der Waals surface area (Å²) in [4.78, 5) is 0. The molecular weight excluding hydrogens is 210 g/mol. The van der Waals surface area contributed by atoms with Crippen molar-refractivity contribution in [2.45, 2.75) is 26.4 Å². The van der Waals surface area contributed by atoms with Crippen LogP contribution >= 0.6 is 0 Å². The highest BCUT2D eigenvalue weighted by molar-refractivity contribution is 7.84. The molecule has 0 spiro atoms. The molecule has 1 aromatic rings. The Hall–Kier alpha value is -0.680. The van der Waals surface area contributed by atoms with E-state index in [9.17, 15) is 4.21 Å². The lowest BCUT2D eigenvalue weighted by atomic mass is 10.3. The number of aromatic nitrogens is 2. The molecule has 0 amide bonds. The molecule has 1 aromatic heterocycles. The molecule has 0 aliphatic rings. The summed E-state index contributed by atoms with van der Waals surface area (Å²) in [5.41, 5.74) is 2.18. The molecule has 0 saturated heterocycles. The number of nitrogens with one attached hydrogen (secondary N) is 1. The molecule has 5 heteroatoms. The Labute approximate surface area is 93.5 Å². The summed E-state index contributed by atoms with van der Waals surface area (Å²) in [5.74, 6) is 0.691. The Kier molecular flexibility index (Phi) is 4.47. The molecule has 2 atom stereocenters. The number of nitrogens with zero attached hydrogens (tertiary/aromatic N) is 2. The average molecular weight is 229 g/mol. The van der Waals surface area contributed by atoms with Gasteiger partial charge >= 0.3 is 0 Å². The van der Waals surface area contributed by atoms with E-state index >= 15 is 0 Å². The maximum Gasteiger partial charge on any atom is 0.0597 e. The normalized spacial score (nSPS) is 15.2. The molecular formula is C10H19N3OS. The van der Waals surface area contributed by atoms with E-state index < -0.39 is 10.8 Å². The van der Waals surface area contributed by atoms with Gasteiger partial charge in [0, 0.05) is 42.4 Å². The smallest absolute Gasteiger partial charge is 0.0597 e. The van der Waals surface area contributed by atoms with Crippen LogP contribution < -0.4 is 5.32 Å². The van der Waals surface area contributed by atoms with E-state index in [0.717, 1.165) is 17.9 Å². The molecule has 86 valence electrons. The van der Waals surface area contributed by atoms with Gasteiger partial charge in [-0.15, -0.1) is 0 Å². The van der Waals surface area contributed by atoms with Crippen LogP contribution in [0.4, 0.5) is 0 Å². The highest BCUT2D eigenvalue weighted by Gasteiger charge is 2.06. The second-order valence-corrected chi connectivity index (χ2v) is 5.40. The van der Waals surface area contributed by atoms with Crippen molar-refractivity contribution < 1.29 is 4.21 Å². The highest BCUT2D eigenvalue weighted by atomic mass is 32.2. The van der Waals surface area contributed by atoms with Gasteiger partial charge in [-0.25, -0.2) is 0 Å². The third kappa shape index (κ3) is 4.13. The van der Waals surface area contributed by atoms with Gasteiger partial charge in [-0.3, -0.25) is 8.89 Å². The molecule has 0 aliphatic heterocycles. The van der Waals surface area contributed by atoms with Crippen LogP contribution in [0.3, 0.4) is 0 Å². The van der Waals surface area contributed by atoms with E-state index in [1.807, 2.05) is 25.6 Å². The summed E-state index contributed by atoms with van der Waals surface area (Å²) < 4.78 is 12.9. The molecule has 1 N–H and O–H groups in total. The van der Waals surface area contributed by atoms with Gasteiger partial charge in [0.05, 0.1) is 11.4 Å². The number of aryl methyl sites for hydroxylation is 2. The average Bonchev–Trinajstić information content (AvgIpc) is 2.40. The molecule has 0 aliphatic carbocycles. The summed E-state index contributed by atoms with van der Waals surface area (Å²) in [6.45, 7) is 4.80. The minimum atomic E-state index is -0.739. The predicted molar refractivity (Wildman–Crippen MR) is 63.2 cm³/mol. The Morgan fingerprint density at radius 2 is 2.33 bits per heavy atom. The highest BCUT2D eigenvalue weighted by Crippen LogP contribution is 2.01. The van der Waals surface area contributed by atoms with Gasteiger partial charge in [-0.05, 0) is 19.9 Å². The lowest BCUT2D eigenvalue weighted by molar-refractivity contribution is 0.560. The SMILES string of the molecule is Cc1cc(CNC(C)CS(C)=O)n(C)n1. The fourth-order valence-corrected chi connectivity index (χ4v) is 2.34. The van der Waals surface area contributed by atoms with E-state index in [4.69, 9.17) is 0 Å². The molecule has 0 saturated carbocycles. The van der Waals surface area contributed by atoms with Gasteiger partial charge in [0.1, 0.15) is 0 Å². The van der Waals surface area contributed by atoms with Crippen LogP contribution in [-0.2, 0) is 24.4 Å². The quantitative estimate of drug-likeness (QED) is 0.803. The molecule has 0 aromatic carbocycles. The molecule has 0 fully saturated rings. The first-order valence-corrected chi connectivity index (χ1v) is 6.74. The van der Waals surface area contributed by atoms with Crippen LogP contribution in [0.1, 0.15) is 18.3 Å². The Morgan fingerprint density at radius 1 is 1.67 bits per heavy atom. The van der Waals surface area contributed by atoms with Crippen molar-refractivity contribution in [2.24, 2.45) is 7.05 Å². The van der Waals surface area contributed by atoms with Gasteiger partial charge in [-0.1, -0.05) is 0 Å². The van der Waals surface area contributed by atoms with E-state index in [0.29, 0.717) is 5.75 Å². The molecule has 1 heterocycles.